The minimum absolute atomic E-state index is 0.0491. The number of hydrogen-bond donors (Lipinski definition) is 0. The van der Waals surface area contributed by atoms with Gasteiger partial charge in [0.05, 0.1) is 5.69 Å². The van der Waals surface area contributed by atoms with E-state index in [9.17, 15) is 14.0 Å². The molecule has 0 saturated heterocycles. The summed E-state index contributed by atoms with van der Waals surface area (Å²) < 4.78 is 15.5. The summed E-state index contributed by atoms with van der Waals surface area (Å²) in [6, 6.07) is 14.0. The number of amides is 1. The quantitative estimate of drug-likeness (QED) is 0.594. The van der Waals surface area contributed by atoms with E-state index in [1.165, 1.54) is 11.0 Å². The van der Waals surface area contributed by atoms with E-state index in [0.717, 1.165) is 10.0 Å². The minimum Gasteiger partial charge on any atom is -0.294 e. The van der Waals surface area contributed by atoms with Crippen molar-refractivity contribution in [2.24, 2.45) is 5.41 Å². The lowest BCUT2D eigenvalue weighted by molar-refractivity contribution is -0.121. The Balaban J connectivity index is 1.91. The number of allylic oxidation sites excluding steroid dienone is 2. The highest BCUT2D eigenvalue weighted by molar-refractivity contribution is 9.10. The van der Waals surface area contributed by atoms with Gasteiger partial charge in [-0.25, -0.2) is 4.39 Å². The fourth-order valence-corrected chi connectivity index (χ4v) is 4.57. The summed E-state index contributed by atoms with van der Waals surface area (Å²) in [7, 11) is 0. The topological polar surface area (TPSA) is 37.4 Å². The molecule has 0 N–H and O–H groups in total. The van der Waals surface area contributed by atoms with Gasteiger partial charge in [-0.1, -0.05) is 54.0 Å². The molecule has 0 bridgehead atoms. The van der Waals surface area contributed by atoms with Gasteiger partial charge in [0.15, 0.2) is 5.78 Å². The number of carbonyl (C=O) groups excluding carboxylic acids is 2. The number of rotatable bonds is 2. The van der Waals surface area contributed by atoms with Crippen molar-refractivity contribution in [3.8, 4) is 0 Å². The van der Waals surface area contributed by atoms with E-state index in [0.29, 0.717) is 24.1 Å². The summed E-state index contributed by atoms with van der Waals surface area (Å²) in [5, 5.41) is 0. The predicted molar refractivity (Wildman–Crippen MR) is 110 cm³/mol. The maximum absolute atomic E-state index is 14.6. The summed E-state index contributed by atoms with van der Waals surface area (Å²) in [5.74, 6) is -0.877. The van der Waals surface area contributed by atoms with Crippen LogP contribution in [0.2, 0.25) is 0 Å². The van der Waals surface area contributed by atoms with Crippen molar-refractivity contribution in [3.05, 3.63) is 75.7 Å². The zero-order valence-electron chi connectivity index (χ0n) is 15.8. The van der Waals surface area contributed by atoms with Crippen LogP contribution in [0, 0.1) is 11.2 Å². The van der Waals surface area contributed by atoms with Crippen LogP contribution in [-0.2, 0) is 9.59 Å². The zero-order chi connectivity index (χ0) is 20.1. The first-order chi connectivity index (χ1) is 13.3. The predicted octanol–water partition coefficient (Wildman–Crippen LogP) is 5.75. The molecule has 0 saturated carbocycles. The second kappa shape index (κ2) is 6.96. The average molecular weight is 442 g/mol. The Kier molecular flexibility index (Phi) is 4.74. The molecule has 0 aromatic heterocycles. The van der Waals surface area contributed by atoms with E-state index in [2.05, 4.69) is 15.9 Å². The highest BCUT2D eigenvalue weighted by Gasteiger charge is 2.44. The molecule has 4 rings (SSSR count). The van der Waals surface area contributed by atoms with Gasteiger partial charge in [0.1, 0.15) is 5.82 Å². The zero-order valence-corrected chi connectivity index (χ0v) is 17.4. The van der Waals surface area contributed by atoms with Crippen molar-refractivity contribution < 1.29 is 14.0 Å². The first-order valence-electron chi connectivity index (χ1n) is 9.36. The maximum Gasteiger partial charge on any atom is 0.232 e. The number of benzene rings is 2. The normalized spacial score (nSPS) is 21.7. The SMILES string of the molecule is CC1(C)CC(=O)C2=C(C1)N(c1ccccc1F)C(=O)CC2c1ccc(Br)cc1. The molecule has 144 valence electrons. The Hall–Kier alpha value is -2.27. The molecule has 0 spiro atoms. The smallest absolute Gasteiger partial charge is 0.232 e. The summed E-state index contributed by atoms with van der Waals surface area (Å²) in [6.07, 6.45) is 1.14. The monoisotopic (exact) mass is 441 g/mol. The van der Waals surface area contributed by atoms with Crippen LogP contribution in [0.5, 0.6) is 0 Å². The molecule has 1 amide bonds. The van der Waals surface area contributed by atoms with E-state index < -0.39 is 5.82 Å². The standard InChI is InChI=1S/C23H21BrFNO2/c1-23(2)12-19-22(20(27)13-23)16(14-7-9-15(24)10-8-14)11-21(28)26(19)18-6-4-3-5-17(18)25/h3-10,16H,11-13H2,1-2H3. The van der Waals surface area contributed by atoms with E-state index in [4.69, 9.17) is 0 Å². The van der Waals surface area contributed by atoms with Crippen LogP contribution in [0.3, 0.4) is 0 Å². The molecule has 1 aliphatic heterocycles. The molecule has 2 aromatic carbocycles. The van der Waals surface area contributed by atoms with E-state index in [-0.39, 0.29) is 35.1 Å². The Morgan fingerprint density at radius 1 is 1.04 bits per heavy atom. The maximum atomic E-state index is 14.6. The molecule has 2 aromatic rings. The largest absolute Gasteiger partial charge is 0.294 e. The Morgan fingerprint density at radius 3 is 2.39 bits per heavy atom. The average Bonchev–Trinajstić information content (AvgIpc) is 2.62. The third-order valence-electron chi connectivity index (χ3n) is 5.51. The van der Waals surface area contributed by atoms with Gasteiger partial charge in [0, 0.05) is 34.5 Å². The van der Waals surface area contributed by atoms with Gasteiger partial charge in [-0.3, -0.25) is 14.5 Å². The van der Waals surface area contributed by atoms with Gasteiger partial charge in [-0.15, -0.1) is 0 Å². The van der Waals surface area contributed by atoms with Crippen LogP contribution in [0.15, 0.2) is 64.3 Å². The van der Waals surface area contributed by atoms with Crippen LogP contribution in [-0.4, -0.2) is 11.7 Å². The number of ketones is 1. The first kappa shape index (κ1) is 19.1. The second-order valence-corrected chi connectivity index (χ2v) is 9.21. The summed E-state index contributed by atoms with van der Waals surface area (Å²) in [4.78, 5) is 27.8. The van der Waals surface area contributed by atoms with Crippen molar-refractivity contribution in [1.29, 1.82) is 0 Å². The molecule has 0 fully saturated rings. The molecule has 28 heavy (non-hydrogen) atoms. The third-order valence-corrected chi connectivity index (χ3v) is 6.04. The lowest BCUT2D eigenvalue weighted by atomic mass is 9.69. The molecule has 2 aliphatic rings. The summed E-state index contributed by atoms with van der Waals surface area (Å²) >= 11 is 3.43. The van der Waals surface area contributed by atoms with E-state index in [1.54, 1.807) is 18.2 Å². The summed E-state index contributed by atoms with van der Waals surface area (Å²) in [5.41, 5.74) is 2.19. The lowest BCUT2D eigenvalue weighted by Gasteiger charge is -2.43. The molecule has 3 nitrogen and oxygen atoms in total. The van der Waals surface area contributed by atoms with E-state index >= 15 is 0 Å². The molecular formula is C23H21BrFNO2. The van der Waals surface area contributed by atoms with Crippen molar-refractivity contribution >= 4 is 33.3 Å². The van der Waals surface area contributed by atoms with Crippen LogP contribution in [0.25, 0.3) is 0 Å². The van der Waals surface area contributed by atoms with Gasteiger partial charge in [0.25, 0.3) is 0 Å². The van der Waals surface area contributed by atoms with Gasteiger partial charge < -0.3 is 0 Å². The fourth-order valence-electron chi connectivity index (χ4n) is 4.31. The number of carbonyl (C=O) groups is 2. The minimum atomic E-state index is -0.458. The molecule has 1 atom stereocenters. The lowest BCUT2D eigenvalue weighted by Crippen LogP contribution is -2.44. The van der Waals surface area contributed by atoms with Crippen molar-refractivity contribution in [3.63, 3.8) is 0 Å². The number of anilines is 1. The van der Waals surface area contributed by atoms with Crippen LogP contribution in [0.1, 0.15) is 44.6 Å². The number of nitrogens with zero attached hydrogens (tertiary/aromatic N) is 1. The van der Waals surface area contributed by atoms with Gasteiger partial charge in [-0.2, -0.15) is 0 Å². The second-order valence-electron chi connectivity index (χ2n) is 8.29. The number of hydrogen-bond acceptors (Lipinski definition) is 2. The first-order valence-corrected chi connectivity index (χ1v) is 10.2. The molecular weight excluding hydrogens is 421 g/mol. The van der Waals surface area contributed by atoms with Crippen molar-refractivity contribution in [1.82, 2.24) is 0 Å². The van der Waals surface area contributed by atoms with Crippen molar-refractivity contribution in [2.75, 3.05) is 4.90 Å². The molecule has 1 aliphatic carbocycles. The van der Waals surface area contributed by atoms with E-state index in [1.807, 2.05) is 38.1 Å². The Morgan fingerprint density at radius 2 is 1.71 bits per heavy atom. The van der Waals surface area contributed by atoms with Crippen LogP contribution < -0.4 is 4.90 Å². The van der Waals surface area contributed by atoms with Gasteiger partial charge >= 0.3 is 0 Å². The van der Waals surface area contributed by atoms with Gasteiger partial charge in [0.2, 0.25) is 5.91 Å². The fraction of sp³-hybridized carbons (Fsp3) is 0.304. The highest BCUT2D eigenvalue weighted by Crippen LogP contribution is 2.48. The van der Waals surface area contributed by atoms with Crippen LogP contribution >= 0.6 is 15.9 Å². The van der Waals surface area contributed by atoms with Gasteiger partial charge in [-0.05, 0) is 41.7 Å². The third kappa shape index (κ3) is 3.32. The van der Waals surface area contributed by atoms with Crippen molar-refractivity contribution in [2.45, 2.75) is 39.0 Å². The number of halogens is 2. The number of Topliss-reactive ketones (excluding diaryl/α,β-unsaturated/α-hetero) is 1. The summed E-state index contributed by atoms with van der Waals surface area (Å²) in [6.45, 7) is 4.03. The molecule has 0 radical (unpaired) electrons. The molecule has 1 heterocycles. The Labute approximate surface area is 172 Å². The number of para-hydroxylation sites is 1. The molecule has 5 heteroatoms. The Bertz CT molecular complexity index is 994. The highest BCUT2D eigenvalue weighted by atomic mass is 79.9. The van der Waals surface area contributed by atoms with Crippen LogP contribution in [0.4, 0.5) is 10.1 Å². The molecule has 1 unspecified atom stereocenters.